The van der Waals surface area contributed by atoms with E-state index in [0.29, 0.717) is 28.1 Å². The van der Waals surface area contributed by atoms with E-state index in [1.54, 1.807) is 12.1 Å². The number of nitriles is 2. The van der Waals surface area contributed by atoms with E-state index in [1.165, 1.54) is 0 Å². The highest BCUT2D eigenvalue weighted by molar-refractivity contribution is 9.10. The molecule has 0 aliphatic rings. The molecule has 0 fully saturated rings. The van der Waals surface area contributed by atoms with Crippen LogP contribution in [0.2, 0.25) is 0 Å². The minimum atomic E-state index is -0.130. The Kier molecular flexibility index (Phi) is 5.40. The fourth-order valence-electron chi connectivity index (χ4n) is 2.03. The topological polar surface area (TPSA) is 144 Å². The predicted octanol–water partition coefficient (Wildman–Crippen LogP) is 2.24. The zero-order chi connectivity index (χ0) is 17.7. The van der Waals surface area contributed by atoms with Crippen molar-refractivity contribution in [1.29, 1.82) is 10.5 Å². The van der Waals surface area contributed by atoms with Gasteiger partial charge in [-0.2, -0.15) is 15.5 Å². The van der Waals surface area contributed by atoms with Gasteiger partial charge in [-0.05, 0) is 35.0 Å². The smallest absolute Gasteiger partial charge is 0.222 e. The van der Waals surface area contributed by atoms with Gasteiger partial charge in [0, 0.05) is 5.56 Å². The predicted molar refractivity (Wildman–Crippen MR) is 91.0 cm³/mol. The van der Waals surface area contributed by atoms with Crippen molar-refractivity contribution in [2.45, 2.75) is 6.92 Å². The number of hydrogen-bond acceptors (Lipinski definition) is 8. The summed E-state index contributed by atoms with van der Waals surface area (Å²) in [7, 11) is 0. The molecule has 2 rings (SSSR count). The van der Waals surface area contributed by atoms with E-state index in [2.05, 4.69) is 25.9 Å². The second kappa shape index (κ2) is 7.49. The molecular weight excluding hydrogens is 376 g/mol. The number of benzene rings is 1. The van der Waals surface area contributed by atoms with Crippen LogP contribution in [0.4, 0.5) is 11.8 Å². The molecule has 0 unspecified atom stereocenters. The van der Waals surface area contributed by atoms with Gasteiger partial charge in [0.2, 0.25) is 5.95 Å². The molecule has 122 valence electrons. The maximum atomic E-state index is 9.31. The number of aromatic nitrogens is 2. The minimum Gasteiger partial charge on any atom is -0.490 e. The van der Waals surface area contributed by atoms with Gasteiger partial charge < -0.3 is 20.9 Å². The Hall–Kier alpha value is -3.04. The van der Waals surface area contributed by atoms with Gasteiger partial charge >= 0.3 is 0 Å². The molecule has 0 bridgehead atoms. The fourth-order valence-corrected chi connectivity index (χ4v) is 2.58. The number of nitrogen functional groups attached to an aromatic ring is 2. The molecule has 0 aliphatic carbocycles. The lowest BCUT2D eigenvalue weighted by Gasteiger charge is -2.14. The lowest BCUT2D eigenvalue weighted by atomic mass is 10.1. The van der Waals surface area contributed by atoms with E-state index >= 15 is 0 Å². The van der Waals surface area contributed by atoms with Gasteiger partial charge in [0.05, 0.1) is 16.8 Å². The van der Waals surface area contributed by atoms with Crippen LogP contribution in [0.3, 0.4) is 0 Å². The highest BCUT2D eigenvalue weighted by atomic mass is 79.9. The number of anilines is 2. The van der Waals surface area contributed by atoms with E-state index in [4.69, 9.17) is 26.2 Å². The third kappa shape index (κ3) is 3.47. The summed E-state index contributed by atoms with van der Waals surface area (Å²) in [6.07, 6.45) is 0. The first kappa shape index (κ1) is 17.3. The molecule has 1 heterocycles. The first-order chi connectivity index (χ1) is 11.5. The largest absolute Gasteiger partial charge is 0.490 e. The number of halogens is 1. The molecule has 0 aliphatic heterocycles. The Morgan fingerprint density at radius 3 is 2.58 bits per heavy atom. The van der Waals surface area contributed by atoms with Crippen LogP contribution >= 0.6 is 15.9 Å². The number of ether oxygens (including phenoxy) is 2. The van der Waals surface area contributed by atoms with Crippen LogP contribution in [0, 0.1) is 22.7 Å². The molecule has 0 saturated carbocycles. The molecule has 0 radical (unpaired) electrons. The normalized spacial score (nSPS) is 9.83. The summed E-state index contributed by atoms with van der Waals surface area (Å²) in [5.41, 5.74) is 12.3. The van der Waals surface area contributed by atoms with Crippen molar-refractivity contribution < 1.29 is 9.47 Å². The third-order valence-corrected chi connectivity index (χ3v) is 3.52. The third-order valence-electron chi connectivity index (χ3n) is 2.93. The van der Waals surface area contributed by atoms with Crippen LogP contribution in [0.15, 0.2) is 16.6 Å². The molecule has 1 aromatic heterocycles. The van der Waals surface area contributed by atoms with E-state index < -0.39 is 0 Å². The van der Waals surface area contributed by atoms with Crippen LogP contribution in [0.5, 0.6) is 11.5 Å². The van der Waals surface area contributed by atoms with E-state index in [0.717, 1.165) is 0 Å². The van der Waals surface area contributed by atoms with Gasteiger partial charge in [-0.15, -0.1) is 0 Å². The van der Waals surface area contributed by atoms with Crippen molar-refractivity contribution in [3.63, 3.8) is 0 Å². The Morgan fingerprint density at radius 2 is 1.96 bits per heavy atom. The second-order valence-corrected chi connectivity index (χ2v) is 5.32. The zero-order valence-corrected chi connectivity index (χ0v) is 14.3. The summed E-state index contributed by atoms with van der Waals surface area (Å²) in [5.74, 6) is 0.742. The summed E-state index contributed by atoms with van der Waals surface area (Å²) in [6, 6.07) is 7.19. The van der Waals surface area contributed by atoms with Crippen LogP contribution in [0.1, 0.15) is 12.5 Å². The summed E-state index contributed by atoms with van der Waals surface area (Å²) in [5, 5.41) is 18.0. The maximum Gasteiger partial charge on any atom is 0.222 e. The first-order valence-electron chi connectivity index (χ1n) is 6.81. The molecule has 0 atom stereocenters. The summed E-state index contributed by atoms with van der Waals surface area (Å²) < 4.78 is 11.5. The SMILES string of the molecule is CCOc1cc(-c2nc(N)nc(N)c2C#N)cc(Br)c1OCC#N. The van der Waals surface area contributed by atoms with Crippen LogP contribution in [0.25, 0.3) is 11.3 Å². The van der Waals surface area contributed by atoms with Crippen molar-refractivity contribution in [3.8, 4) is 34.9 Å². The van der Waals surface area contributed by atoms with Crippen molar-refractivity contribution in [2.75, 3.05) is 24.7 Å². The quantitative estimate of drug-likeness (QED) is 0.792. The van der Waals surface area contributed by atoms with E-state index in [-0.39, 0.29) is 29.6 Å². The molecule has 24 heavy (non-hydrogen) atoms. The van der Waals surface area contributed by atoms with E-state index in [1.807, 2.05) is 19.1 Å². The van der Waals surface area contributed by atoms with Gasteiger partial charge in [-0.25, -0.2) is 4.98 Å². The van der Waals surface area contributed by atoms with Crippen molar-refractivity contribution >= 4 is 27.7 Å². The van der Waals surface area contributed by atoms with Crippen LogP contribution < -0.4 is 20.9 Å². The van der Waals surface area contributed by atoms with Crippen LogP contribution in [-0.2, 0) is 0 Å². The van der Waals surface area contributed by atoms with Gasteiger partial charge in [-0.1, -0.05) is 0 Å². The molecule has 9 heteroatoms. The Labute approximate surface area is 146 Å². The molecule has 0 saturated heterocycles. The van der Waals surface area contributed by atoms with Gasteiger partial charge in [0.1, 0.15) is 23.5 Å². The van der Waals surface area contributed by atoms with Crippen molar-refractivity contribution in [2.24, 2.45) is 0 Å². The van der Waals surface area contributed by atoms with Gasteiger partial charge in [-0.3, -0.25) is 0 Å². The van der Waals surface area contributed by atoms with Gasteiger partial charge in [0.25, 0.3) is 0 Å². The summed E-state index contributed by atoms with van der Waals surface area (Å²) in [6.45, 7) is 2.07. The fraction of sp³-hybridized carbons (Fsp3) is 0.200. The Bertz CT molecular complexity index is 857. The van der Waals surface area contributed by atoms with Crippen molar-refractivity contribution in [1.82, 2.24) is 9.97 Å². The average molecular weight is 389 g/mol. The monoisotopic (exact) mass is 388 g/mol. The molecule has 0 amide bonds. The van der Waals surface area contributed by atoms with E-state index in [9.17, 15) is 5.26 Å². The molecular formula is C15H13BrN6O2. The van der Waals surface area contributed by atoms with Crippen LogP contribution in [-0.4, -0.2) is 23.2 Å². The number of nitrogens with two attached hydrogens (primary N) is 2. The molecule has 8 nitrogen and oxygen atoms in total. The minimum absolute atomic E-state index is 0.00103. The summed E-state index contributed by atoms with van der Waals surface area (Å²) >= 11 is 3.38. The maximum absolute atomic E-state index is 9.31. The lowest BCUT2D eigenvalue weighted by Crippen LogP contribution is -2.06. The molecule has 4 N–H and O–H groups in total. The van der Waals surface area contributed by atoms with Crippen molar-refractivity contribution in [3.05, 3.63) is 22.2 Å². The number of nitrogens with zero attached hydrogens (tertiary/aromatic N) is 4. The molecule has 0 spiro atoms. The standard InChI is InChI=1S/C15H13BrN6O2/c1-2-23-11-6-8(5-10(16)13(11)24-4-3-17)12-9(7-18)14(19)22-15(20)21-12/h5-6H,2,4H2,1H3,(H4,19,20,21,22). The Morgan fingerprint density at radius 1 is 1.21 bits per heavy atom. The summed E-state index contributed by atoms with van der Waals surface area (Å²) in [4.78, 5) is 7.89. The second-order valence-electron chi connectivity index (χ2n) is 4.47. The number of rotatable bonds is 5. The molecule has 1 aromatic carbocycles. The lowest BCUT2D eigenvalue weighted by molar-refractivity contribution is 0.297. The number of hydrogen-bond donors (Lipinski definition) is 2. The highest BCUT2D eigenvalue weighted by Gasteiger charge is 2.18. The molecule has 2 aromatic rings. The zero-order valence-electron chi connectivity index (χ0n) is 12.7. The highest BCUT2D eigenvalue weighted by Crippen LogP contribution is 2.40. The Balaban J connectivity index is 2.65. The van der Waals surface area contributed by atoms with Gasteiger partial charge in [0.15, 0.2) is 18.1 Å². The first-order valence-corrected chi connectivity index (χ1v) is 7.60. The average Bonchev–Trinajstić information content (AvgIpc) is 2.53.